The van der Waals surface area contributed by atoms with Crippen molar-refractivity contribution >= 4 is 40.7 Å². The highest BCUT2D eigenvalue weighted by atomic mass is 32.2. The van der Waals surface area contributed by atoms with E-state index in [2.05, 4.69) is 45.6 Å². The molecule has 0 atom stereocenters. The number of carbonyl (C=O) groups is 1. The van der Waals surface area contributed by atoms with E-state index in [1.807, 2.05) is 54.6 Å². The lowest BCUT2D eigenvalue weighted by Gasteiger charge is -2.10. The number of benzene rings is 2. The number of aromatic amines is 1. The van der Waals surface area contributed by atoms with Crippen LogP contribution in [0.5, 0.6) is 0 Å². The molecule has 2 aromatic heterocycles. The Balaban J connectivity index is 1.39. The Morgan fingerprint density at radius 2 is 1.91 bits per heavy atom. The Labute approximate surface area is 210 Å². The van der Waals surface area contributed by atoms with Crippen molar-refractivity contribution < 1.29 is 9.53 Å². The minimum Gasteiger partial charge on any atom is -0.381 e. The SMILES string of the molecule is CCCCOCCCNC(=O)c1ccccc1Sc1ccc2c(/C=C/c3ccccn3)n[nH]c2c1. The molecule has 0 bridgehead atoms. The van der Waals surface area contributed by atoms with E-state index in [0.29, 0.717) is 18.7 Å². The van der Waals surface area contributed by atoms with E-state index < -0.39 is 0 Å². The van der Waals surface area contributed by atoms with Crippen LogP contribution in [-0.2, 0) is 4.74 Å². The van der Waals surface area contributed by atoms with Gasteiger partial charge in [-0.1, -0.05) is 43.3 Å². The second-order valence-corrected chi connectivity index (χ2v) is 9.19. The molecule has 0 saturated heterocycles. The van der Waals surface area contributed by atoms with Crippen LogP contribution in [0.25, 0.3) is 23.1 Å². The van der Waals surface area contributed by atoms with Crippen LogP contribution >= 0.6 is 11.8 Å². The molecule has 0 saturated carbocycles. The minimum atomic E-state index is -0.0637. The number of pyridine rings is 1. The maximum atomic E-state index is 12.8. The van der Waals surface area contributed by atoms with Crippen LogP contribution in [0.2, 0.25) is 0 Å². The molecule has 180 valence electrons. The number of nitrogens with zero attached hydrogens (tertiary/aromatic N) is 2. The van der Waals surface area contributed by atoms with E-state index in [-0.39, 0.29) is 5.91 Å². The van der Waals surface area contributed by atoms with Crippen molar-refractivity contribution in [2.75, 3.05) is 19.8 Å². The predicted molar refractivity (Wildman–Crippen MR) is 143 cm³/mol. The smallest absolute Gasteiger partial charge is 0.252 e. The van der Waals surface area contributed by atoms with Crippen LogP contribution in [0, 0.1) is 0 Å². The summed E-state index contributed by atoms with van der Waals surface area (Å²) in [6.07, 6.45) is 8.69. The lowest BCUT2D eigenvalue weighted by Crippen LogP contribution is -2.25. The van der Waals surface area contributed by atoms with Crippen LogP contribution < -0.4 is 5.32 Å². The van der Waals surface area contributed by atoms with Crippen molar-refractivity contribution in [2.24, 2.45) is 0 Å². The van der Waals surface area contributed by atoms with Crippen LogP contribution in [0.4, 0.5) is 0 Å². The van der Waals surface area contributed by atoms with Crippen LogP contribution in [0.15, 0.2) is 76.7 Å². The fraction of sp³-hybridized carbons (Fsp3) is 0.250. The number of unbranched alkanes of at least 4 members (excludes halogenated alkanes) is 1. The van der Waals surface area contributed by atoms with Crippen molar-refractivity contribution in [1.82, 2.24) is 20.5 Å². The van der Waals surface area contributed by atoms with Crippen molar-refractivity contribution in [3.8, 4) is 0 Å². The van der Waals surface area contributed by atoms with Crippen molar-refractivity contribution in [3.05, 3.63) is 83.8 Å². The summed E-state index contributed by atoms with van der Waals surface area (Å²) in [7, 11) is 0. The number of ether oxygens (including phenoxy) is 1. The van der Waals surface area contributed by atoms with Crippen LogP contribution in [-0.4, -0.2) is 40.8 Å². The Morgan fingerprint density at radius 1 is 1.06 bits per heavy atom. The molecular formula is C28H30N4O2S. The molecule has 35 heavy (non-hydrogen) atoms. The monoisotopic (exact) mass is 486 g/mol. The predicted octanol–water partition coefficient (Wildman–Crippen LogP) is 6.22. The zero-order chi connectivity index (χ0) is 24.3. The van der Waals surface area contributed by atoms with Gasteiger partial charge in [-0.3, -0.25) is 14.9 Å². The van der Waals surface area contributed by atoms with Gasteiger partial charge in [0, 0.05) is 41.1 Å². The number of nitrogens with one attached hydrogen (secondary N) is 2. The number of amides is 1. The Morgan fingerprint density at radius 3 is 2.77 bits per heavy atom. The molecule has 0 fully saturated rings. The first kappa shape index (κ1) is 24.7. The van der Waals surface area contributed by atoms with Gasteiger partial charge in [0.15, 0.2) is 0 Å². The van der Waals surface area contributed by atoms with Gasteiger partial charge in [0.1, 0.15) is 0 Å². The van der Waals surface area contributed by atoms with Crippen molar-refractivity contribution in [3.63, 3.8) is 0 Å². The lowest BCUT2D eigenvalue weighted by molar-refractivity contribution is 0.0937. The molecule has 0 aliphatic carbocycles. The Hall–Kier alpha value is -3.42. The van der Waals surface area contributed by atoms with Gasteiger partial charge >= 0.3 is 0 Å². The third-order valence-corrected chi connectivity index (χ3v) is 6.48. The molecule has 7 heteroatoms. The molecule has 0 aliphatic rings. The third-order valence-electron chi connectivity index (χ3n) is 5.42. The van der Waals surface area contributed by atoms with Crippen LogP contribution in [0.1, 0.15) is 47.9 Å². The minimum absolute atomic E-state index is 0.0637. The molecule has 0 radical (unpaired) electrons. The van der Waals surface area contributed by atoms with Gasteiger partial charge < -0.3 is 10.1 Å². The van der Waals surface area contributed by atoms with Gasteiger partial charge in [-0.05, 0) is 67.5 Å². The molecule has 0 spiro atoms. The number of hydrogen-bond donors (Lipinski definition) is 2. The van der Waals surface area contributed by atoms with E-state index in [4.69, 9.17) is 4.74 Å². The van der Waals surface area contributed by atoms with Gasteiger partial charge in [0.05, 0.1) is 22.5 Å². The molecule has 0 unspecified atom stereocenters. The number of carbonyl (C=O) groups excluding carboxylic acids is 1. The van der Waals surface area contributed by atoms with Gasteiger partial charge in [0.25, 0.3) is 5.91 Å². The highest BCUT2D eigenvalue weighted by Crippen LogP contribution is 2.32. The second kappa shape index (κ2) is 12.9. The molecular weight excluding hydrogens is 456 g/mol. The summed E-state index contributed by atoms with van der Waals surface area (Å²) in [4.78, 5) is 19.1. The fourth-order valence-corrected chi connectivity index (χ4v) is 4.52. The van der Waals surface area contributed by atoms with E-state index >= 15 is 0 Å². The average molecular weight is 487 g/mol. The quantitative estimate of drug-likeness (QED) is 0.233. The van der Waals surface area contributed by atoms with Gasteiger partial charge in [-0.15, -0.1) is 0 Å². The first-order valence-corrected chi connectivity index (χ1v) is 12.8. The second-order valence-electron chi connectivity index (χ2n) is 8.08. The van der Waals surface area contributed by atoms with E-state index in [9.17, 15) is 4.79 Å². The topological polar surface area (TPSA) is 79.9 Å². The molecule has 4 aromatic rings. The number of H-pyrrole nitrogens is 1. The molecule has 4 rings (SSSR count). The van der Waals surface area contributed by atoms with Crippen molar-refractivity contribution in [2.45, 2.75) is 36.0 Å². The lowest BCUT2D eigenvalue weighted by atomic mass is 10.2. The normalized spacial score (nSPS) is 11.3. The van der Waals surface area contributed by atoms with E-state index in [0.717, 1.165) is 58.0 Å². The van der Waals surface area contributed by atoms with E-state index in [1.54, 1.807) is 18.0 Å². The number of fused-ring (bicyclic) bond motifs is 1. The molecule has 2 heterocycles. The molecule has 0 aliphatic heterocycles. The maximum absolute atomic E-state index is 12.8. The van der Waals surface area contributed by atoms with Gasteiger partial charge in [-0.25, -0.2) is 0 Å². The summed E-state index contributed by atoms with van der Waals surface area (Å²) in [5, 5.41) is 11.6. The summed E-state index contributed by atoms with van der Waals surface area (Å²) in [5.74, 6) is -0.0637. The Kier molecular flexibility index (Phi) is 9.09. The molecule has 6 nitrogen and oxygen atoms in total. The molecule has 2 aromatic carbocycles. The molecule has 1 amide bonds. The highest BCUT2D eigenvalue weighted by molar-refractivity contribution is 7.99. The number of hydrogen-bond acceptors (Lipinski definition) is 5. The summed E-state index contributed by atoms with van der Waals surface area (Å²) < 4.78 is 5.57. The van der Waals surface area contributed by atoms with Gasteiger partial charge in [-0.2, -0.15) is 5.10 Å². The first-order chi connectivity index (χ1) is 17.2. The fourth-order valence-electron chi connectivity index (χ4n) is 3.54. The van der Waals surface area contributed by atoms with Crippen molar-refractivity contribution in [1.29, 1.82) is 0 Å². The standard InChI is InChI=1S/C28H30N4O2S/c1-2-3-18-34-19-8-17-30-28(33)24-10-4-5-11-27(24)35-22-13-14-23-25(31-32-26(23)20-22)15-12-21-9-6-7-16-29-21/h4-7,9-16,20H,2-3,8,17-19H2,1H3,(H,30,33)(H,31,32)/b15-12+. The summed E-state index contributed by atoms with van der Waals surface area (Å²) in [5.41, 5.74) is 3.36. The zero-order valence-electron chi connectivity index (χ0n) is 19.9. The largest absolute Gasteiger partial charge is 0.381 e. The first-order valence-electron chi connectivity index (χ1n) is 11.9. The van der Waals surface area contributed by atoms with Gasteiger partial charge in [0.2, 0.25) is 0 Å². The summed E-state index contributed by atoms with van der Waals surface area (Å²) >= 11 is 1.57. The zero-order valence-corrected chi connectivity index (χ0v) is 20.7. The summed E-state index contributed by atoms with van der Waals surface area (Å²) in [6.45, 7) is 4.19. The Bertz CT molecular complexity index is 1270. The number of rotatable bonds is 12. The maximum Gasteiger partial charge on any atom is 0.252 e. The van der Waals surface area contributed by atoms with Crippen LogP contribution in [0.3, 0.4) is 0 Å². The third kappa shape index (κ3) is 7.04. The number of aromatic nitrogens is 3. The average Bonchev–Trinajstić information content (AvgIpc) is 3.30. The summed E-state index contributed by atoms with van der Waals surface area (Å²) in [6, 6.07) is 19.7. The molecule has 2 N–H and O–H groups in total. The highest BCUT2D eigenvalue weighted by Gasteiger charge is 2.12. The van der Waals surface area contributed by atoms with E-state index in [1.165, 1.54) is 0 Å².